The van der Waals surface area contributed by atoms with Crippen molar-refractivity contribution in [3.63, 3.8) is 0 Å². The van der Waals surface area contributed by atoms with Crippen molar-refractivity contribution in [1.82, 2.24) is 0 Å². The fraction of sp³-hybridized carbons (Fsp3) is 0. The number of imide groups is 1. The van der Waals surface area contributed by atoms with Crippen LogP contribution in [0.25, 0.3) is 0 Å². The Morgan fingerprint density at radius 1 is 0.700 bits per heavy atom. The Hall–Kier alpha value is -2.88. The minimum atomic E-state index is -0.281. The molecule has 0 bridgehead atoms. The number of nitrogens with zero attached hydrogens (tertiary/aromatic N) is 1. The van der Waals surface area contributed by atoms with Gasteiger partial charge < -0.3 is 5.73 Å². The number of nitrogen functional groups attached to an aromatic ring is 1. The van der Waals surface area contributed by atoms with Gasteiger partial charge in [-0.1, -0.05) is 36.4 Å². The maximum atomic E-state index is 11.2. The molecule has 0 aromatic heterocycles. The standard InChI is InChI=1S/C10H7NO2.C6H7N/c12-9-6-7-10(13)11(9)8-4-2-1-3-5-8;7-6-4-2-1-3-5-6/h1-7H;1-5H,7H2. The molecule has 1 aliphatic heterocycles. The van der Waals surface area contributed by atoms with Crippen molar-refractivity contribution in [2.45, 2.75) is 0 Å². The summed E-state index contributed by atoms with van der Waals surface area (Å²) in [6.07, 6.45) is 2.55. The van der Waals surface area contributed by atoms with Gasteiger partial charge in [-0.2, -0.15) is 0 Å². The van der Waals surface area contributed by atoms with E-state index in [1.807, 2.05) is 36.4 Å². The SMILES string of the molecule is Nc1ccccc1.O=C1C=CC(=O)N1c1ccccc1. The second-order valence-electron chi connectivity index (χ2n) is 4.09. The van der Waals surface area contributed by atoms with Crippen LogP contribution in [0.4, 0.5) is 11.4 Å². The van der Waals surface area contributed by atoms with E-state index in [9.17, 15) is 9.59 Å². The second kappa shape index (κ2) is 6.33. The number of para-hydroxylation sites is 2. The predicted octanol–water partition coefficient (Wildman–Crippen LogP) is 2.38. The number of nitrogens with two attached hydrogens (primary N) is 1. The summed E-state index contributed by atoms with van der Waals surface area (Å²) in [5, 5.41) is 0. The van der Waals surface area contributed by atoms with Gasteiger partial charge in [0.15, 0.2) is 0 Å². The van der Waals surface area contributed by atoms with Gasteiger partial charge in [0.2, 0.25) is 0 Å². The molecule has 20 heavy (non-hydrogen) atoms. The third-order valence-electron chi connectivity index (χ3n) is 2.62. The molecule has 0 fully saturated rings. The van der Waals surface area contributed by atoms with Gasteiger partial charge in [-0.25, -0.2) is 4.90 Å². The summed E-state index contributed by atoms with van der Waals surface area (Å²) in [7, 11) is 0. The number of carbonyl (C=O) groups excluding carboxylic acids is 2. The highest BCUT2D eigenvalue weighted by molar-refractivity contribution is 6.28. The highest BCUT2D eigenvalue weighted by Gasteiger charge is 2.24. The van der Waals surface area contributed by atoms with Crippen molar-refractivity contribution in [3.8, 4) is 0 Å². The highest BCUT2D eigenvalue weighted by Crippen LogP contribution is 2.17. The first-order valence-corrected chi connectivity index (χ1v) is 6.10. The third-order valence-corrected chi connectivity index (χ3v) is 2.62. The number of amides is 2. The van der Waals surface area contributed by atoms with Crippen molar-refractivity contribution < 1.29 is 9.59 Å². The Balaban J connectivity index is 0.000000178. The number of benzene rings is 2. The van der Waals surface area contributed by atoms with Crippen molar-refractivity contribution >= 4 is 23.2 Å². The van der Waals surface area contributed by atoms with Crippen molar-refractivity contribution in [1.29, 1.82) is 0 Å². The van der Waals surface area contributed by atoms with Gasteiger partial charge in [0.25, 0.3) is 11.8 Å². The number of hydrogen-bond donors (Lipinski definition) is 1. The van der Waals surface area contributed by atoms with E-state index in [-0.39, 0.29) is 11.8 Å². The van der Waals surface area contributed by atoms with Gasteiger partial charge in [-0.05, 0) is 24.3 Å². The molecular weight excluding hydrogens is 252 g/mol. The minimum Gasteiger partial charge on any atom is -0.399 e. The zero-order valence-electron chi connectivity index (χ0n) is 10.8. The van der Waals surface area contributed by atoms with Crippen LogP contribution in [0.5, 0.6) is 0 Å². The average Bonchev–Trinajstić information content (AvgIpc) is 2.81. The van der Waals surface area contributed by atoms with E-state index in [2.05, 4.69) is 0 Å². The van der Waals surface area contributed by atoms with E-state index in [1.165, 1.54) is 12.2 Å². The Morgan fingerprint density at radius 3 is 1.55 bits per heavy atom. The quantitative estimate of drug-likeness (QED) is 0.636. The Labute approximate surface area is 117 Å². The lowest BCUT2D eigenvalue weighted by atomic mass is 10.3. The van der Waals surface area contributed by atoms with E-state index >= 15 is 0 Å². The van der Waals surface area contributed by atoms with Gasteiger partial charge in [0.1, 0.15) is 0 Å². The zero-order chi connectivity index (χ0) is 14.4. The maximum absolute atomic E-state index is 11.2. The van der Waals surface area contributed by atoms with Crippen LogP contribution in [-0.4, -0.2) is 11.8 Å². The van der Waals surface area contributed by atoms with Gasteiger partial charge >= 0.3 is 0 Å². The molecule has 2 aromatic rings. The van der Waals surface area contributed by atoms with Crippen molar-refractivity contribution in [3.05, 3.63) is 72.8 Å². The molecule has 3 rings (SSSR count). The van der Waals surface area contributed by atoms with Gasteiger partial charge in [0, 0.05) is 17.8 Å². The first-order chi connectivity index (χ1) is 9.68. The van der Waals surface area contributed by atoms with Crippen LogP contribution in [0.1, 0.15) is 0 Å². The third kappa shape index (κ3) is 3.32. The Bertz CT molecular complexity index is 603. The Kier molecular flexibility index (Phi) is 4.29. The highest BCUT2D eigenvalue weighted by atomic mass is 16.2. The lowest BCUT2D eigenvalue weighted by molar-refractivity contribution is -0.119. The number of anilines is 2. The molecule has 1 heterocycles. The minimum absolute atomic E-state index is 0.281. The molecule has 4 heteroatoms. The molecular formula is C16H14N2O2. The van der Waals surface area contributed by atoms with E-state index in [4.69, 9.17) is 5.73 Å². The van der Waals surface area contributed by atoms with Gasteiger partial charge in [-0.3, -0.25) is 9.59 Å². The summed E-state index contributed by atoms with van der Waals surface area (Å²) in [6, 6.07) is 18.3. The van der Waals surface area contributed by atoms with Gasteiger partial charge in [-0.15, -0.1) is 0 Å². The molecule has 1 aliphatic rings. The molecule has 100 valence electrons. The summed E-state index contributed by atoms with van der Waals surface area (Å²) in [5.41, 5.74) is 6.79. The summed E-state index contributed by atoms with van der Waals surface area (Å²) in [4.78, 5) is 23.5. The molecule has 2 N–H and O–H groups in total. The molecule has 0 spiro atoms. The Morgan fingerprint density at radius 2 is 1.15 bits per heavy atom. The lowest BCUT2D eigenvalue weighted by Gasteiger charge is -2.12. The summed E-state index contributed by atoms with van der Waals surface area (Å²) in [6.45, 7) is 0. The predicted molar refractivity (Wildman–Crippen MR) is 78.9 cm³/mol. The normalized spacial score (nSPS) is 13.1. The van der Waals surface area contributed by atoms with Crippen LogP contribution >= 0.6 is 0 Å². The molecule has 0 aliphatic carbocycles. The number of rotatable bonds is 1. The van der Waals surface area contributed by atoms with Crippen LogP contribution < -0.4 is 10.6 Å². The number of hydrogen-bond acceptors (Lipinski definition) is 3. The number of carbonyl (C=O) groups is 2. The second-order valence-corrected chi connectivity index (χ2v) is 4.09. The molecule has 4 nitrogen and oxygen atoms in total. The molecule has 0 saturated heterocycles. The zero-order valence-corrected chi connectivity index (χ0v) is 10.8. The van der Waals surface area contributed by atoms with E-state index in [0.717, 1.165) is 10.6 Å². The average molecular weight is 266 g/mol. The first-order valence-electron chi connectivity index (χ1n) is 6.10. The molecule has 2 amide bonds. The van der Waals surface area contributed by atoms with E-state index in [1.54, 1.807) is 24.3 Å². The first kappa shape index (κ1) is 13.5. The fourth-order valence-corrected chi connectivity index (χ4v) is 1.68. The van der Waals surface area contributed by atoms with Crippen LogP contribution in [0, 0.1) is 0 Å². The fourth-order valence-electron chi connectivity index (χ4n) is 1.68. The molecule has 0 saturated carbocycles. The van der Waals surface area contributed by atoms with Crippen molar-refractivity contribution in [2.24, 2.45) is 0 Å². The van der Waals surface area contributed by atoms with Crippen LogP contribution in [0.15, 0.2) is 72.8 Å². The molecule has 2 aromatic carbocycles. The van der Waals surface area contributed by atoms with E-state index < -0.39 is 0 Å². The van der Waals surface area contributed by atoms with E-state index in [0.29, 0.717) is 5.69 Å². The lowest BCUT2D eigenvalue weighted by Crippen LogP contribution is -2.29. The topological polar surface area (TPSA) is 63.4 Å². The summed E-state index contributed by atoms with van der Waals surface area (Å²) < 4.78 is 0. The largest absolute Gasteiger partial charge is 0.399 e. The van der Waals surface area contributed by atoms with Crippen LogP contribution in [-0.2, 0) is 9.59 Å². The maximum Gasteiger partial charge on any atom is 0.258 e. The van der Waals surface area contributed by atoms with Gasteiger partial charge in [0.05, 0.1) is 5.69 Å². The molecule has 0 radical (unpaired) electrons. The van der Waals surface area contributed by atoms with Crippen molar-refractivity contribution in [2.75, 3.05) is 10.6 Å². The van der Waals surface area contributed by atoms with Crippen LogP contribution in [0.3, 0.4) is 0 Å². The summed E-state index contributed by atoms with van der Waals surface area (Å²) in [5.74, 6) is -0.563. The van der Waals surface area contributed by atoms with Crippen LogP contribution in [0.2, 0.25) is 0 Å². The smallest absolute Gasteiger partial charge is 0.258 e. The monoisotopic (exact) mass is 266 g/mol. The molecule has 0 unspecified atom stereocenters. The molecule has 0 atom stereocenters. The summed E-state index contributed by atoms with van der Waals surface area (Å²) >= 11 is 0.